The zero-order valence-electron chi connectivity index (χ0n) is 49.0. The van der Waals surface area contributed by atoms with Crippen molar-refractivity contribution in [2.24, 2.45) is 0 Å². The Morgan fingerprint density at radius 1 is 0.393 bits per heavy atom. The summed E-state index contributed by atoms with van der Waals surface area (Å²) in [6.45, 7) is 8.04. The second kappa shape index (κ2) is 41.6. The number of alkyl halides is 3. The van der Waals surface area contributed by atoms with Gasteiger partial charge in [0.25, 0.3) is 0 Å². The van der Waals surface area contributed by atoms with Crippen molar-refractivity contribution < 1.29 is 45.4 Å². The highest BCUT2D eigenvalue weighted by Gasteiger charge is 2.31. The van der Waals surface area contributed by atoms with Gasteiger partial charge < -0.3 is 32.2 Å². The molecule has 0 saturated carbocycles. The maximum Gasteiger partial charge on any atom is 0.573 e. The van der Waals surface area contributed by atoms with Gasteiger partial charge in [0.15, 0.2) is 0 Å². The van der Waals surface area contributed by atoms with Gasteiger partial charge in [0, 0.05) is 10.0 Å². The molecular weight excluding hydrogens is 1180 g/mol. The van der Waals surface area contributed by atoms with Crippen LogP contribution in [0.1, 0.15) is 213 Å². The zero-order valence-corrected chi connectivity index (χ0v) is 52.0. The molecule has 0 amide bonds. The van der Waals surface area contributed by atoms with Crippen molar-refractivity contribution in [3.8, 4) is 41.0 Å². The van der Waals surface area contributed by atoms with E-state index in [0.717, 1.165) is 71.1 Å². The van der Waals surface area contributed by atoms with E-state index < -0.39 is 23.6 Å². The largest absolute Gasteiger partial charge is 0.573 e. The summed E-state index contributed by atoms with van der Waals surface area (Å²) in [7, 11) is 0. The smallest absolute Gasteiger partial charge is 0.449 e. The summed E-state index contributed by atoms with van der Waals surface area (Å²) in [4.78, 5) is 35.7. The van der Waals surface area contributed by atoms with Gasteiger partial charge in [-0.1, -0.05) is 256 Å². The molecule has 3 aromatic carbocycles. The van der Waals surface area contributed by atoms with E-state index in [1.54, 1.807) is 36.4 Å². The fraction of sp³-hybridized carbons (Fsp3) is 0.607. The summed E-state index contributed by atoms with van der Waals surface area (Å²) in [5.41, 5.74) is 1.16. The molecule has 6 aromatic rings. The summed E-state index contributed by atoms with van der Waals surface area (Å²) < 4.78 is 74.8. The first-order valence-corrected chi connectivity index (χ1v) is 31.6. The minimum Gasteiger partial charge on any atom is -0.449 e. The van der Waals surface area contributed by atoms with Crippen LogP contribution in [0.15, 0.2) is 88.3 Å². The molecule has 0 N–H and O–H groups in total. The molecule has 23 heteroatoms. The third-order valence-electron chi connectivity index (χ3n) is 13.3. The molecule has 0 bridgehead atoms. The average Bonchev–Trinajstić information content (AvgIpc) is 4.02. The molecule has 0 radical (unpaired) electrons. The van der Waals surface area contributed by atoms with Crippen LogP contribution in [-0.4, -0.2) is 55.5 Å². The highest BCUT2D eigenvalue weighted by Crippen LogP contribution is 2.26. The monoisotopic (exact) mass is 1260 g/mol. The second-order valence-electron chi connectivity index (χ2n) is 20.5. The topological polar surface area (TPSA) is 181 Å². The normalized spacial score (nSPS) is 11.3. The molecule has 6 rings (SSSR count). The van der Waals surface area contributed by atoms with Crippen LogP contribution >= 0.6 is 46.4 Å². The van der Waals surface area contributed by atoms with E-state index in [0.29, 0.717) is 51.3 Å². The van der Waals surface area contributed by atoms with Gasteiger partial charge >= 0.3 is 41.9 Å². The molecular formula is C61H85Cl4F3N6O10. The molecule has 3 heterocycles. The van der Waals surface area contributed by atoms with Gasteiger partial charge in [0.1, 0.15) is 5.75 Å². The maximum absolute atomic E-state index is 12.2. The van der Waals surface area contributed by atoms with Crippen LogP contribution in [0.25, 0.3) is 17.1 Å². The molecule has 3 aromatic heterocycles. The molecule has 84 heavy (non-hydrogen) atoms. The number of ether oxygens (including phenoxy) is 4. The Balaban J connectivity index is 0.000000271. The quantitative estimate of drug-likeness (QED) is 0.0332. The van der Waals surface area contributed by atoms with E-state index in [1.807, 2.05) is 0 Å². The number of aromatic nitrogens is 6. The summed E-state index contributed by atoms with van der Waals surface area (Å²) in [5.74, 6) is -2.42. The maximum atomic E-state index is 12.2. The van der Waals surface area contributed by atoms with E-state index >= 15 is 0 Å². The SMILES string of the molecule is CCCCCCCCCCCCOc1nn(-c2cc(Cl)cc(Cl)c2)c(=O)o1.CCCCCCCCCCCCOc1nn(-c2ccc(Cl)c(Cl)c2)c(=O)o1.CCCCCCCCCCCCOc1nn(-c2ccc(OC(F)(F)F)cc2)c(=O)o1. The van der Waals surface area contributed by atoms with Crippen LogP contribution in [0.5, 0.6) is 24.0 Å². The van der Waals surface area contributed by atoms with Crippen LogP contribution in [-0.2, 0) is 0 Å². The van der Waals surface area contributed by atoms with Gasteiger partial charge in [0.2, 0.25) is 0 Å². The molecule has 0 spiro atoms. The minimum atomic E-state index is -4.78. The van der Waals surface area contributed by atoms with E-state index in [4.69, 9.17) is 73.9 Å². The van der Waals surface area contributed by atoms with E-state index in [9.17, 15) is 27.6 Å². The van der Waals surface area contributed by atoms with Crippen molar-refractivity contribution in [3.63, 3.8) is 0 Å². The van der Waals surface area contributed by atoms with E-state index in [1.165, 1.54) is 160 Å². The van der Waals surface area contributed by atoms with Crippen molar-refractivity contribution in [1.82, 2.24) is 29.3 Å². The fourth-order valence-electron chi connectivity index (χ4n) is 8.76. The van der Waals surface area contributed by atoms with Crippen LogP contribution in [0.3, 0.4) is 0 Å². The number of hydrogen-bond acceptors (Lipinski definition) is 13. The van der Waals surface area contributed by atoms with Gasteiger partial charge in [0.05, 0.1) is 46.9 Å². The third kappa shape index (κ3) is 29.6. The Morgan fingerprint density at radius 3 is 1.04 bits per heavy atom. The second-order valence-corrected chi connectivity index (χ2v) is 22.2. The number of nitrogens with zero attached hydrogens (tertiary/aromatic N) is 6. The number of benzene rings is 3. The van der Waals surface area contributed by atoms with Crippen molar-refractivity contribution >= 4 is 46.4 Å². The Bertz CT molecular complexity index is 2870. The zero-order chi connectivity index (χ0) is 60.8. The Labute approximate surface area is 511 Å². The molecule has 468 valence electrons. The predicted molar refractivity (Wildman–Crippen MR) is 325 cm³/mol. The fourth-order valence-corrected chi connectivity index (χ4v) is 9.57. The van der Waals surface area contributed by atoms with Crippen molar-refractivity contribution in [2.45, 2.75) is 220 Å². The standard InChI is InChI=1S/C21H29F3N2O4.2C20H28Cl2N2O3/c1-2-3-4-5-6-7-8-9-10-11-16-28-19-25-26(20(27)29-19)17-12-14-18(15-13-17)30-21(22,23)24;1-2-3-4-5-6-7-8-9-10-11-14-26-19-23-24(20(25)27-19)16-12-13-17(21)18(22)15-16;1-2-3-4-5-6-7-8-9-10-11-12-26-19-23-24(20(25)27-19)18-14-16(21)13-17(22)15-18/h12-15H,2-11,16H2,1H3;12-13,15H,2-11,14H2,1H3;13-15H,2-12H2,1H3. The van der Waals surface area contributed by atoms with Gasteiger partial charge in [-0.3, -0.25) is 0 Å². The van der Waals surface area contributed by atoms with Crippen LogP contribution < -0.4 is 36.2 Å². The lowest BCUT2D eigenvalue weighted by Crippen LogP contribution is -2.17. The lowest BCUT2D eigenvalue weighted by Gasteiger charge is -2.08. The highest BCUT2D eigenvalue weighted by atomic mass is 35.5. The predicted octanol–water partition coefficient (Wildman–Crippen LogP) is 18.9. The molecule has 0 aliphatic heterocycles. The van der Waals surface area contributed by atoms with E-state index in [2.05, 4.69) is 40.8 Å². The summed E-state index contributed by atoms with van der Waals surface area (Å²) >= 11 is 23.8. The Kier molecular flexibility index (Phi) is 35.3. The number of unbranched alkanes of at least 4 members (excludes halogenated alkanes) is 27. The molecule has 16 nitrogen and oxygen atoms in total. The van der Waals surface area contributed by atoms with Crippen LogP contribution in [0.4, 0.5) is 13.2 Å². The summed E-state index contributed by atoms with van der Waals surface area (Å²) in [6.07, 6.45) is 32.0. The first kappa shape index (κ1) is 71.1. The molecule has 0 fully saturated rings. The minimum absolute atomic E-state index is 0.0259. The van der Waals surface area contributed by atoms with Crippen LogP contribution in [0, 0.1) is 0 Å². The number of hydrogen-bond donors (Lipinski definition) is 0. The molecule has 0 atom stereocenters. The number of halogens is 7. The molecule has 0 unspecified atom stereocenters. The van der Waals surface area contributed by atoms with Gasteiger partial charge in [-0.15, -0.1) is 13.2 Å². The Morgan fingerprint density at radius 2 is 0.702 bits per heavy atom. The van der Waals surface area contributed by atoms with Gasteiger partial charge in [-0.05, 0) is 79.9 Å². The van der Waals surface area contributed by atoms with Crippen LogP contribution in [0.2, 0.25) is 20.1 Å². The third-order valence-corrected chi connectivity index (χ3v) is 14.5. The number of rotatable bonds is 40. The Hall–Kier alpha value is -5.37. The summed E-state index contributed by atoms with van der Waals surface area (Å²) in [5, 5.41) is 13.6. The lowest BCUT2D eigenvalue weighted by molar-refractivity contribution is -0.274. The lowest BCUT2D eigenvalue weighted by atomic mass is 10.1. The van der Waals surface area contributed by atoms with Crippen molar-refractivity contribution in [1.29, 1.82) is 0 Å². The average molecular weight is 1260 g/mol. The van der Waals surface area contributed by atoms with E-state index in [-0.39, 0.29) is 29.7 Å². The molecule has 0 saturated heterocycles. The highest BCUT2D eigenvalue weighted by molar-refractivity contribution is 6.42. The van der Waals surface area contributed by atoms with Gasteiger partial charge in [-0.25, -0.2) is 14.4 Å². The first-order chi connectivity index (χ1) is 40.6. The van der Waals surface area contributed by atoms with Gasteiger partial charge in [-0.2, -0.15) is 14.0 Å². The van der Waals surface area contributed by atoms with Crippen molar-refractivity contribution in [3.05, 3.63) is 112 Å². The van der Waals surface area contributed by atoms with Crippen molar-refractivity contribution in [2.75, 3.05) is 19.8 Å². The first-order valence-electron chi connectivity index (χ1n) is 30.1. The molecule has 0 aliphatic carbocycles. The molecule has 0 aliphatic rings. The summed E-state index contributed by atoms with van der Waals surface area (Å²) in [6, 6.07) is 14.3.